The van der Waals surface area contributed by atoms with Crippen molar-refractivity contribution in [1.29, 1.82) is 0 Å². The molecule has 0 saturated carbocycles. The van der Waals surface area contributed by atoms with Gasteiger partial charge in [-0.05, 0) is 36.4 Å². The minimum Gasteiger partial charge on any atom is -0.454 e. The molecule has 0 unspecified atom stereocenters. The highest BCUT2D eigenvalue weighted by Crippen LogP contribution is 2.36. The summed E-state index contributed by atoms with van der Waals surface area (Å²) in [5.41, 5.74) is 7.98. The molecular weight excluding hydrogens is 352 g/mol. The van der Waals surface area contributed by atoms with Crippen LogP contribution in [-0.2, 0) is 7.05 Å². The van der Waals surface area contributed by atoms with Gasteiger partial charge in [-0.1, -0.05) is 0 Å². The van der Waals surface area contributed by atoms with Gasteiger partial charge in [-0.2, -0.15) is 0 Å². The van der Waals surface area contributed by atoms with Gasteiger partial charge >= 0.3 is 0 Å². The van der Waals surface area contributed by atoms with E-state index in [0.29, 0.717) is 28.3 Å². The maximum Gasteiger partial charge on any atom is 0.273 e. The summed E-state index contributed by atoms with van der Waals surface area (Å²) in [5, 5.41) is 0. The largest absolute Gasteiger partial charge is 0.454 e. The minimum absolute atomic E-state index is 0.111. The molecule has 5 nitrogen and oxygen atoms in total. The maximum absolute atomic E-state index is 14.0. The number of benzene rings is 2. The molecule has 0 fully saturated rings. The van der Waals surface area contributed by atoms with Crippen molar-refractivity contribution in [3.63, 3.8) is 0 Å². The van der Waals surface area contributed by atoms with E-state index in [1.165, 1.54) is 10.6 Å². The Bertz CT molecular complexity index is 1060. The fourth-order valence-electron chi connectivity index (χ4n) is 2.70. The van der Waals surface area contributed by atoms with Crippen molar-refractivity contribution in [2.75, 3.05) is 24.7 Å². The molecule has 7 heteroatoms. The molecule has 2 N–H and O–H groups in total. The number of ether oxygens (including phenoxy) is 1. The molecule has 27 heavy (non-hydrogen) atoms. The summed E-state index contributed by atoms with van der Waals surface area (Å²) >= 11 is 0. The number of halogens is 2. The molecule has 0 aliphatic rings. The third-order valence-electron chi connectivity index (χ3n) is 4.07. The lowest BCUT2D eigenvalue weighted by molar-refractivity contribution is 0.439. The summed E-state index contributed by atoms with van der Waals surface area (Å²) in [4.78, 5) is 14.0. The van der Waals surface area contributed by atoms with Gasteiger partial charge in [-0.3, -0.25) is 4.79 Å². The van der Waals surface area contributed by atoms with Crippen LogP contribution in [0.25, 0.3) is 11.1 Å². The summed E-state index contributed by atoms with van der Waals surface area (Å²) in [5.74, 6) is -1.28. The van der Waals surface area contributed by atoms with Crippen molar-refractivity contribution in [1.82, 2.24) is 4.57 Å². The monoisotopic (exact) mass is 371 g/mol. The zero-order valence-corrected chi connectivity index (χ0v) is 15.2. The second kappa shape index (κ2) is 7.11. The lowest BCUT2D eigenvalue weighted by atomic mass is 10.0. The van der Waals surface area contributed by atoms with Gasteiger partial charge in [-0.25, -0.2) is 8.78 Å². The lowest BCUT2D eigenvalue weighted by Crippen LogP contribution is -2.25. The van der Waals surface area contributed by atoms with Crippen LogP contribution in [0.4, 0.5) is 20.2 Å². The van der Waals surface area contributed by atoms with Crippen LogP contribution in [0.3, 0.4) is 0 Å². The Labute approximate surface area is 155 Å². The van der Waals surface area contributed by atoms with Crippen molar-refractivity contribution >= 4 is 11.4 Å². The molecule has 1 aromatic heterocycles. The summed E-state index contributed by atoms with van der Waals surface area (Å²) in [6, 6.07) is 9.70. The van der Waals surface area contributed by atoms with Gasteiger partial charge < -0.3 is 19.9 Å². The molecule has 3 aromatic rings. The van der Waals surface area contributed by atoms with E-state index in [1.54, 1.807) is 56.5 Å². The topological polar surface area (TPSA) is 60.5 Å². The van der Waals surface area contributed by atoms with E-state index >= 15 is 0 Å². The number of hydrogen-bond acceptors (Lipinski definition) is 4. The van der Waals surface area contributed by atoms with Crippen molar-refractivity contribution < 1.29 is 13.5 Å². The molecule has 3 rings (SSSR count). The number of hydrogen-bond donors (Lipinski definition) is 1. The van der Waals surface area contributed by atoms with Crippen LogP contribution in [-0.4, -0.2) is 18.7 Å². The first kappa shape index (κ1) is 18.4. The molecule has 2 aromatic carbocycles. The number of nitrogens with two attached hydrogens (primary N) is 1. The fraction of sp³-hybridized carbons (Fsp3) is 0.150. The van der Waals surface area contributed by atoms with E-state index in [-0.39, 0.29) is 11.3 Å². The van der Waals surface area contributed by atoms with Gasteiger partial charge in [0.25, 0.3) is 5.56 Å². The average Bonchev–Trinajstić information content (AvgIpc) is 2.60. The van der Waals surface area contributed by atoms with Gasteiger partial charge in [0.15, 0.2) is 11.6 Å². The zero-order valence-electron chi connectivity index (χ0n) is 15.2. The summed E-state index contributed by atoms with van der Waals surface area (Å²) in [7, 11) is 5.18. The molecule has 140 valence electrons. The zero-order chi connectivity index (χ0) is 19.7. The average molecular weight is 371 g/mol. The van der Waals surface area contributed by atoms with Gasteiger partial charge in [0.05, 0.1) is 0 Å². The van der Waals surface area contributed by atoms with E-state index in [1.807, 2.05) is 0 Å². The van der Waals surface area contributed by atoms with Crippen LogP contribution in [0.15, 0.2) is 53.5 Å². The Morgan fingerprint density at radius 3 is 2.41 bits per heavy atom. The van der Waals surface area contributed by atoms with Crippen LogP contribution in [0.2, 0.25) is 0 Å². The molecular formula is C20H19F2N3O2. The number of nitrogen functional groups attached to an aromatic ring is 1. The Morgan fingerprint density at radius 1 is 1.04 bits per heavy atom. The second-order valence-electron chi connectivity index (χ2n) is 6.36. The number of aryl methyl sites for hydroxylation is 1. The number of nitrogens with zero attached hydrogens (tertiary/aromatic N) is 2. The van der Waals surface area contributed by atoms with E-state index in [4.69, 9.17) is 10.5 Å². The Morgan fingerprint density at radius 2 is 1.74 bits per heavy atom. The van der Waals surface area contributed by atoms with Crippen LogP contribution < -0.4 is 20.9 Å². The van der Waals surface area contributed by atoms with E-state index < -0.39 is 11.6 Å². The van der Waals surface area contributed by atoms with Gasteiger partial charge in [0.1, 0.15) is 17.3 Å². The van der Waals surface area contributed by atoms with E-state index in [9.17, 15) is 13.6 Å². The van der Waals surface area contributed by atoms with E-state index in [2.05, 4.69) is 0 Å². The summed E-state index contributed by atoms with van der Waals surface area (Å²) < 4.78 is 34.3. The highest BCUT2D eigenvalue weighted by molar-refractivity contribution is 5.76. The Hall–Kier alpha value is -3.35. The number of rotatable bonds is 4. The predicted octanol–water partition coefficient (Wildman–Crippen LogP) is 3.77. The molecule has 0 radical (unpaired) electrons. The third kappa shape index (κ3) is 3.76. The summed E-state index contributed by atoms with van der Waals surface area (Å²) in [6.07, 6.45) is 1.65. The molecule has 0 amide bonds. The summed E-state index contributed by atoms with van der Waals surface area (Å²) in [6.45, 7) is 0. The predicted molar refractivity (Wildman–Crippen MR) is 102 cm³/mol. The van der Waals surface area contributed by atoms with E-state index in [0.717, 1.165) is 12.1 Å². The molecule has 0 aliphatic heterocycles. The van der Waals surface area contributed by atoms with Crippen LogP contribution in [0.1, 0.15) is 0 Å². The molecule has 0 saturated heterocycles. The SMILES string of the molecule is CN(C)c1cc(-c2cc(N)ccc2Oc2ccc(F)cc2F)cn(C)c1=O. The Balaban J connectivity index is 2.14. The minimum atomic E-state index is -0.813. The molecule has 0 spiro atoms. The van der Waals surface area contributed by atoms with Crippen molar-refractivity contribution in [3.8, 4) is 22.6 Å². The first-order valence-electron chi connectivity index (χ1n) is 8.17. The second-order valence-corrected chi connectivity index (χ2v) is 6.36. The fourth-order valence-corrected chi connectivity index (χ4v) is 2.70. The number of anilines is 2. The van der Waals surface area contributed by atoms with Crippen molar-refractivity contribution in [2.45, 2.75) is 0 Å². The molecule has 1 heterocycles. The molecule has 0 aliphatic carbocycles. The lowest BCUT2D eigenvalue weighted by Gasteiger charge is -2.17. The van der Waals surface area contributed by atoms with Crippen LogP contribution in [0.5, 0.6) is 11.5 Å². The van der Waals surface area contributed by atoms with Gasteiger partial charge in [0, 0.05) is 50.2 Å². The number of pyridine rings is 1. The maximum atomic E-state index is 14.0. The van der Waals surface area contributed by atoms with Crippen LogP contribution in [0, 0.1) is 11.6 Å². The number of aromatic nitrogens is 1. The van der Waals surface area contributed by atoms with Crippen LogP contribution >= 0.6 is 0 Å². The van der Waals surface area contributed by atoms with Crippen molar-refractivity contribution in [3.05, 3.63) is 70.6 Å². The highest BCUT2D eigenvalue weighted by atomic mass is 19.1. The quantitative estimate of drug-likeness (QED) is 0.709. The molecule has 0 bridgehead atoms. The standard InChI is InChI=1S/C20H19F2N3O2/c1-24(2)17-8-12(11-25(3)20(17)26)15-10-14(23)5-7-18(15)27-19-6-4-13(21)9-16(19)22/h4-11H,23H2,1-3H3. The molecule has 0 atom stereocenters. The van der Waals surface area contributed by atoms with Crippen molar-refractivity contribution in [2.24, 2.45) is 7.05 Å². The smallest absolute Gasteiger partial charge is 0.273 e. The van der Waals surface area contributed by atoms with Gasteiger partial charge in [0.2, 0.25) is 0 Å². The normalized spacial score (nSPS) is 10.7. The highest BCUT2D eigenvalue weighted by Gasteiger charge is 2.15. The Kier molecular flexibility index (Phi) is 4.85. The first-order valence-corrected chi connectivity index (χ1v) is 8.17. The third-order valence-corrected chi connectivity index (χ3v) is 4.07. The van der Waals surface area contributed by atoms with Gasteiger partial charge in [-0.15, -0.1) is 0 Å². The first-order chi connectivity index (χ1) is 12.8.